The number of nitrogen functional groups attached to an aromatic ring is 1. The Morgan fingerprint density at radius 1 is 1.29 bits per heavy atom. The van der Waals surface area contributed by atoms with Crippen LogP contribution in [0.1, 0.15) is 17.3 Å². The van der Waals surface area contributed by atoms with Gasteiger partial charge < -0.3 is 29.4 Å². The largest absolute Gasteiger partial charge is 0.483 e. The van der Waals surface area contributed by atoms with Crippen LogP contribution < -0.4 is 10.5 Å². The molecule has 2 aliphatic heterocycles. The average molecular weight is 389 g/mol. The van der Waals surface area contributed by atoms with E-state index in [1.165, 1.54) is 6.20 Å². The van der Waals surface area contributed by atoms with Crippen LogP contribution in [0.2, 0.25) is 0 Å². The van der Waals surface area contributed by atoms with Crippen molar-refractivity contribution in [1.82, 2.24) is 9.78 Å². The fourth-order valence-electron chi connectivity index (χ4n) is 3.46. The van der Waals surface area contributed by atoms with Crippen molar-refractivity contribution >= 4 is 11.7 Å². The molecule has 150 valence electrons. The van der Waals surface area contributed by atoms with Crippen LogP contribution in [0.5, 0.6) is 5.75 Å². The number of benzene rings is 1. The molecule has 2 N–H and O–H groups in total. The summed E-state index contributed by atoms with van der Waals surface area (Å²) >= 11 is 0. The smallest absolute Gasteiger partial charge is 0.341 e. The third kappa shape index (κ3) is 3.44. The first-order valence-corrected chi connectivity index (χ1v) is 9.15. The minimum atomic E-state index is -0.414. The van der Waals surface area contributed by atoms with Crippen molar-refractivity contribution < 1.29 is 28.5 Å². The molecule has 4 rings (SSSR count). The maximum absolute atomic E-state index is 11.8. The quantitative estimate of drug-likeness (QED) is 0.580. The van der Waals surface area contributed by atoms with Gasteiger partial charge in [-0.3, -0.25) is 0 Å². The summed E-state index contributed by atoms with van der Waals surface area (Å²) in [5.41, 5.74) is 7.71. The summed E-state index contributed by atoms with van der Waals surface area (Å²) in [5, 5.41) is 4.19. The second-order valence-electron chi connectivity index (χ2n) is 6.64. The number of ether oxygens (including phenoxy) is 5. The maximum atomic E-state index is 11.8. The molecule has 9 heteroatoms. The lowest BCUT2D eigenvalue weighted by Crippen LogP contribution is -2.35. The molecule has 2 saturated heterocycles. The van der Waals surface area contributed by atoms with E-state index in [0.29, 0.717) is 42.5 Å². The van der Waals surface area contributed by atoms with Crippen molar-refractivity contribution in [2.75, 3.05) is 32.7 Å². The van der Waals surface area contributed by atoms with Crippen LogP contribution in [-0.2, 0) is 18.9 Å². The lowest BCUT2D eigenvalue weighted by molar-refractivity contribution is -0.0137. The highest BCUT2D eigenvalue weighted by molar-refractivity contribution is 5.88. The standard InChI is InChI=1S/C19H23N3O6/c1-3-25-19(23)11-7-21-22(8-11)12-4-5-14(13(20)6-12)28-16-10-27-17-15(24-2)9-26-18(16)17/h4-8,15-18H,3,9-10,20H2,1-2H3/t15-,16-,17+,18+/m0/s1. The number of hydrogen-bond acceptors (Lipinski definition) is 8. The fraction of sp³-hybridized carbons (Fsp3) is 0.474. The number of fused-ring (bicyclic) bond motifs is 1. The Morgan fingerprint density at radius 3 is 2.75 bits per heavy atom. The number of methoxy groups -OCH3 is 1. The highest BCUT2D eigenvalue weighted by atomic mass is 16.6. The van der Waals surface area contributed by atoms with Gasteiger partial charge in [0.15, 0.2) is 6.10 Å². The van der Waals surface area contributed by atoms with E-state index in [4.69, 9.17) is 29.4 Å². The van der Waals surface area contributed by atoms with E-state index < -0.39 is 5.97 Å². The van der Waals surface area contributed by atoms with Crippen molar-refractivity contribution in [2.45, 2.75) is 31.3 Å². The first-order valence-electron chi connectivity index (χ1n) is 9.15. The summed E-state index contributed by atoms with van der Waals surface area (Å²) in [4.78, 5) is 11.8. The van der Waals surface area contributed by atoms with E-state index in [0.717, 1.165) is 0 Å². The van der Waals surface area contributed by atoms with Gasteiger partial charge in [0.2, 0.25) is 0 Å². The van der Waals surface area contributed by atoms with Gasteiger partial charge in [-0.25, -0.2) is 9.48 Å². The molecular weight excluding hydrogens is 366 g/mol. The van der Waals surface area contributed by atoms with Crippen LogP contribution in [0, 0.1) is 0 Å². The Morgan fingerprint density at radius 2 is 2.04 bits per heavy atom. The minimum Gasteiger partial charge on any atom is -0.483 e. The number of rotatable bonds is 6. The molecule has 3 heterocycles. The summed E-state index contributed by atoms with van der Waals surface area (Å²) in [7, 11) is 1.65. The highest BCUT2D eigenvalue weighted by Gasteiger charge is 2.49. The van der Waals surface area contributed by atoms with Gasteiger partial charge >= 0.3 is 5.97 Å². The minimum absolute atomic E-state index is 0.0771. The second-order valence-corrected chi connectivity index (χ2v) is 6.64. The number of aromatic nitrogens is 2. The molecule has 0 spiro atoms. The zero-order valence-electron chi connectivity index (χ0n) is 15.7. The van der Waals surface area contributed by atoms with Crippen molar-refractivity contribution in [2.24, 2.45) is 0 Å². The molecule has 4 atom stereocenters. The lowest BCUT2D eigenvalue weighted by atomic mass is 10.1. The van der Waals surface area contributed by atoms with Gasteiger partial charge in [-0.15, -0.1) is 0 Å². The summed E-state index contributed by atoms with van der Waals surface area (Å²) in [5.74, 6) is 0.128. The fourth-order valence-corrected chi connectivity index (χ4v) is 3.46. The molecule has 1 aromatic carbocycles. The normalized spacial score (nSPS) is 26.2. The topological polar surface area (TPSA) is 107 Å². The van der Waals surface area contributed by atoms with E-state index >= 15 is 0 Å². The number of anilines is 1. The zero-order chi connectivity index (χ0) is 19.7. The Kier molecular flexibility index (Phi) is 5.21. The predicted octanol–water partition coefficient (Wildman–Crippen LogP) is 1.19. The molecule has 2 aromatic rings. The van der Waals surface area contributed by atoms with Gasteiger partial charge in [0.1, 0.15) is 24.1 Å². The summed E-state index contributed by atoms with van der Waals surface area (Å²) in [6.45, 7) is 2.97. The van der Waals surface area contributed by atoms with Crippen molar-refractivity contribution in [1.29, 1.82) is 0 Å². The Balaban J connectivity index is 1.46. The Bertz CT molecular complexity index is 854. The van der Waals surface area contributed by atoms with Gasteiger partial charge in [0, 0.05) is 13.3 Å². The van der Waals surface area contributed by atoms with E-state index in [1.54, 1.807) is 37.0 Å². The van der Waals surface area contributed by atoms with E-state index in [2.05, 4.69) is 5.10 Å². The van der Waals surface area contributed by atoms with E-state index in [1.807, 2.05) is 6.07 Å². The zero-order valence-corrected chi connectivity index (χ0v) is 15.7. The molecule has 28 heavy (non-hydrogen) atoms. The van der Waals surface area contributed by atoms with Crippen molar-refractivity contribution in [3.8, 4) is 11.4 Å². The molecule has 2 fully saturated rings. The van der Waals surface area contributed by atoms with Gasteiger partial charge in [0.05, 0.1) is 43.0 Å². The van der Waals surface area contributed by atoms with E-state index in [9.17, 15) is 4.79 Å². The number of nitrogens with two attached hydrogens (primary N) is 1. The molecule has 9 nitrogen and oxygen atoms in total. The van der Waals surface area contributed by atoms with Gasteiger partial charge in [0.25, 0.3) is 0 Å². The molecule has 0 aliphatic carbocycles. The molecular formula is C19H23N3O6. The Hall–Kier alpha value is -2.62. The van der Waals surface area contributed by atoms with Crippen LogP contribution in [0.3, 0.4) is 0 Å². The number of hydrogen-bond donors (Lipinski definition) is 1. The number of carbonyl (C=O) groups is 1. The van der Waals surface area contributed by atoms with Crippen LogP contribution in [0.25, 0.3) is 5.69 Å². The molecule has 0 radical (unpaired) electrons. The number of nitrogens with zero attached hydrogens (tertiary/aromatic N) is 2. The molecule has 0 amide bonds. The SMILES string of the molecule is CCOC(=O)c1cnn(-c2ccc(O[C@H]3CO[C@H]4[C@@H]3OC[C@@H]4OC)c(N)c2)c1. The van der Waals surface area contributed by atoms with Crippen LogP contribution in [0.4, 0.5) is 5.69 Å². The summed E-state index contributed by atoms with van der Waals surface area (Å²) in [6.07, 6.45) is 2.42. The molecule has 1 aromatic heterocycles. The third-order valence-corrected chi connectivity index (χ3v) is 4.90. The summed E-state index contributed by atoms with van der Waals surface area (Å²) < 4.78 is 29.5. The first-order chi connectivity index (χ1) is 13.6. The lowest BCUT2D eigenvalue weighted by Gasteiger charge is -2.19. The van der Waals surface area contributed by atoms with Crippen LogP contribution >= 0.6 is 0 Å². The van der Waals surface area contributed by atoms with Crippen molar-refractivity contribution in [3.63, 3.8) is 0 Å². The highest BCUT2D eigenvalue weighted by Crippen LogP contribution is 2.33. The molecule has 2 aliphatic rings. The average Bonchev–Trinajstić information content (AvgIpc) is 3.40. The second kappa shape index (κ2) is 7.78. The van der Waals surface area contributed by atoms with Crippen LogP contribution in [0.15, 0.2) is 30.6 Å². The van der Waals surface area contributed by atoms with Gasteiger partial charge in [-0.2, -0.15) is 5.10 Å². The van der Waals surface area contributed by atoms with E-state index in [-0.39, 0.29) is 24.4 Å². The number of esters is 1. The predicted molar refractivity (Wildman–Crippen MR) is 98.6 cm³/mol. The molecule has 0 bridgehead atoms. The van der Waals surface area contributed by atoms with Gasteiger partial charge in [-0.05, 0) is 25.1 Å². The third-order valence-electron chi connectivity index (χ3n) is 4.90. The van der Waals surface area contributed by atoms with Crippen molar-refractivity contribution in [3.05, 3.63) is 36.2 Å². The van der Waals surface area contributed by atoms with Crippen LogP contribution in [-0.4, -0.2) is 67.1 Å². The summed E-state index contributed by atoms with van der Waals surface area (Å²) in [6, 6.07) is 5.32. The monoisotopic (exact) mass is 389 g/mol. The number of carbonyl (C=O) groups excluding carboxylic acids is 1. The maximum Gasteiger partial charge on any atom is 0.341 e. The first kappa shape index (κ1) is 18.7. The molecule has 0 unspecified atom stereocenters. The molecule has 0 saturated carbocycles. The Labute approximate surface area is 162 Å². The van der Waals surface area contributed by atoms with Gasteiger partial charge in [-0.1, -0.05) is 0 Å².